The predicted octanol–water partition coefficient (Wildman–Crippen LogP) is 2.96. The lowest BCUT2D eigenvalue weighted by Crippen LogP contribution is -2.19. The Morgan fingerprint density at radius 1 is 1.44 bits per heavy atom. The van der Waals surface area contributed by atoms with Gasteiger partial charge in [0.05, 0.1) is 12.2 Å². The Bertz CT molecular complexity index is 403. The molecule has 1 saturated heterocycles. The van der Waals surface area contributed by atoms with Crippen molar-refractivity contribution in [3.05, 3.63) is 29.3 Å². The minimum Gasteiger partial charge on any atom is -0.491 e. The van der Waals surface area contributed by atoms with Gasteiger partial charge in [0.1, 0.15) is 12.4 Å². The molecule has 2 rings (SSSR count). The van der Waals surface area contributed by atoms with Gasteiger partial charge < -0.3 is 15.2 Å². The molecule has 3 atom stereocenters. The normalized spacial score (nSPS) is 25.1. The summed E-state index contributed by atoms with van der Waals surface area (Å²) in [6.45, 7) is 6.78. The first kappa shape index (κ1) is 13.4. The van der Waals surface area contributed by atoms with Crippen molar-refractivity contribution >= 4 is 0 Å². The molecule has 3 nitrogen and oxygen atoms in total. The van der Waals surface area contributed by atoms with Crippen LogP contribution in [0.25, 0.3) is 0 Å². The lowest BCUT2D eigenvalue weighted by molar-refractivity contribution is 0.0262. The molecule has 0 aliphatic carbocycles. The molecule has 0 amide bonds. The van der Waals surface area contributed by atoms with Gasteiger partial charge in [-0.25, -0.2) is 0 Å². The van der Waals surface area contributed by atoms with Crippen molar-refractivity contribution in [1.82, 2.24) is 0 Å². The van der Waals surface area contributed by atoms with E-state index in [1.807, 2.05) is 13.0 Å². The molecule has 0 aromatic heterocycles. The summed E-state index contributed by atoms with van der Waals surface area (Å²) in [5.41, 5.74) is 8.26. The average molecular weight is 249 g/mol. The fourth-order valence-electron chi connectivity index (χ4n) is 2.35. The smallest absolute Gasteiger partial charge is 0.124 e. The lowest BCUT2D eigenvalue weighted by Gasteiger charge is -2.17. The fourth-order valence-corrected chi connectivity index (χ4v) is 2.35. The zero-order chi connectivity index (χ0) is 13.1. The van der Waals surface area contributed by atoms with E-state index in [1.165, 1.54) is 5.56 Å². The van der Waals surface area contributed by atoms with Gasteiger partial charge >= 0.3 is 0 Å². The molecule has 1 heterocycles. The third-order valence-electron chi connectivity index (χ3n) is 3.40. The van der Waals surface area contributed by atoms with Crippen molar-refractivity contribution < 1.29 is 9.47 Å². The second-order valence-corrected chi connectivity index (χ2v) is 5.29. The predicted molar refractivity (Wildman–Crippen MR) is 72.8 cm³/mol. The van der Waals surface area contributed by atoms with Crippen molar-refractivity contribution in [2.24, 2.45) is 5.73 Å². The highest BCUT2D eigenvalue weighted by Gasteiger charge is 2.22. The summed E-state index contributed by atoms with van der Waals surface area (Å²) in [7, 11) is 0. The van der Waals surface area contributed by atoms with Crippen LogP contribution in [0.15, 0.2) is 18.2 Å². The average Bonchev–Trinajstić information content (AvgIpc) is 2.73. The molecule has 1 aliphatic rings. The highest BCUT2D eigenvalue weighted by atomic mass is 16.5. The van der Waals surface area contributed by atoms with E-state index < -0.39 is 0 Å². The summed E-state index contributed by atoms with van der Waals surface area (Å²) in [6, 6.07) is 6.15. The van der Waals surface area contributed by atoms with Crippen molar-refractivity contribution in [1.29, 1.82) is 0 Å². The van der Waals surface area contributed by atoms with Crippen LogP contribution in [0.2, 0.25) is 0 Å². The Kier molecular flexibility index (Phi) is 4.25. The van der Waals surface area contributed by atoms with Crippen LogP contribution in [0.3, 0.4) is 0 Å². The van der Waals surface area contributed by atoms with E-state index in [9.17, 15) is 0 Å². The van der Waals surface area contributed by atoms with E-state index in [0.29, 0.717) is 12.7 Å². The summed E-state index contributed by atoms with van der Waals surface area (Å²) in [5.74, 6) is 0.888. The van der Waals surface area contributed by atoms with Crippen LogP contribution in [-0.4, -0.2) is 18.8 Å². The SMILES string of the molecule is Cc1ccc(OCC2CCC(C)O2)c(C(C)N)c1. The summed E-state index contributed by atoms with van der Waals surface area (Å²) in [6.07, 6.45) is 2.80. The van der Waals surface area contributed by atoms with E-state index in [0.717, 1.165) is 24.2 Å². The quantitative estimate of drug-likeness (QED) is 0.892. The Balaban J connectivity index is 2.00. The van der Waals surface area contributed by atoms with Crippen molar-refractivity contribution in [3.63, 3.8) is 0 Å². The van der Waals surface area contributed by atoms with Gasteiger partial charge in [-0.15, -0.1) is 0 Å². The largest absolute Gasteiger partial charge is 0.491 e. The number of nitrogens with two attached hydrogens (primary N) is 1. The maximum Gasteiger partial charge on any atom is 0.124 e. The lowest BCUT2D eigenvalue weighted by atomic mass is 10.1. The molecule has 0 spiro atoms. The van der Waals surface area contributed by atoms with Gasteiger partial charge in [-0.3, -0.25) is 0 Å². The van der Waals surface area contributed by atoms with Gasteiger partial charge in [-0.05, 0) is 39.7 Å². The minimum absolute atomic E-state index is 0.0108. The van der Waals surface area contributed by atoms with E-state index in [-0.39, 0.29) is 12.1 Å². The monoisotopic (exact) mass is 249 g/mol. The van der Waals surface area contributed by atoms with Gasteiger partial charge in [0.25, 0.3) is 0 Å². The third kappa shape index (κ3) is 3.24. The van der Waals surface area contributed by atoms with Gasteiger partial charge in [0.15, 0.2) is 0 Å². The zero-order valence-corrected chi connectivity index (χ0v) is 11.5. The molecule has 0 radical (unpaired) electrons. The maximum absolute atomic E-state index is 5.98. The maximum atomic E-state index is 5.98. The fraction of sp³-hybridized carbons (Fsp3) is 0.600. The highest BCUT2D eigenvalue weighted by Crippen LogP contribution is 2.26. The van der Waals surface area contributed by atoms with Gasteiger partial charge in [-0.1, -0.05) is 17.7 Å². The summed E-state index contributed by atoms with van der Waals surface area (Å²) in [5, 5.41) is 0. The number of rotatable bonds is 4. The molecule has 3 heteroatoms. The molecular formula is C15H23NO2. The molecule has 1 aromatic rings. The Morgan fingerprint density at radius 2 is 2.22 bits per heavy atom. The standard InChI is InChI=1S/C15H23NO2/c1-10-4-7-15(14(8-10)12(3)16)17-9-13-6-5-11(2)18-13/h4,7-8,11-13H,5-6,9,16H2,1-3H3. The molecule has 1 aromatic carbocycles. The molecule has 0 bridgehead atoms. The van der Waals surface area contributed by atoms with Crippen LogP contribution in [-0.2, 0) is 4.74 Å². The van der Waals surface area contributed by atoms with Crippen molar-refractivity contribution in [2.45, 2.75) is 51.9 Å². The molecule has 100 valence electrons. The molecular weight excluding hydrogens is 226 g/mol. The number of benzene rings is 1. The van der Waals surface area contributed by atoms with E-state index in [2.05, 4.69) is 26.0 Å². The topological polar surface area (TPSA) is 44.5 Å². The summed E-state index contributed by atoms with van der Waals surface area (Å²) in [4.78, 5) is 0. The van der Waals surface area contributed by atoms with Crippen LogP contribution >= 0.6 is 0 Å². The Morgan fingerprint density at radius 3 is 2.83 bits per heavy atom. The van der Waals surface area contributed by atoms with Gasteiger partial charge in [0.2, 0.25) is 0 Å². The Hall–Kier alpha value is -1.06. The first-order chi connectivity index (χ1) is 8.56. The number of ether oxygens (including phenoxy) is 2. The van der Waals surface area contributed by atoms with Gasteiger partial charge in [-0.2, -0.15) is 0 Å². The highest BCUT2D eigenvalue weighted by molar-refractivity contribution is 5.38. The number of aryl methyl sites for hydroxylation is 1. The first-order valence-corrected chi connectivity index (χ1v) is 6.70. The number of hydrogen-bond acceptors (Lipinski definition) is 3. The van der Waals surface area contributed by atoms with Crippen LogP contribution in [0.1, 0.15) is 43.9 Å². The van der Waals surface area contributed by atoms with Crippen LogP contribution < -0.4 is 10.5 Å². The second-order valence-electron chi connectivity index (χ2n) is 5.29. The van der Waals surface area contributed by atoms with Crippen LogP contribution in [0.4, 0.5) is 0 Å². The summed E-state index contributed by atoms with van der Waals surface area (Å²) >= 11 is 0. The van der Waals surface area contributed by atoms with Crippen LogP contribution in [0.5, 0.6) is 5.75 Å². The molecule has 1 fully saturated rings. The molecule has 3 unspecified atom stereocenters. The van der Waals surface area contributed by atoms with E-state index in [1.54, 1.807) is 0 Å². The van der Waals surface area contributed by atoms with E-state index in [4.69, 9.17) is 15.2 Å². The summed E-state index contributed by atoms with van der Waals surface area (Å²) < 4.78 is 11.6. The van der Waals surface area contributed by atoms with Crippen molar-refractivity contribution in [2.75, 3.05) is 6.61 Å². The molecule has 18 heavy (non-hydrogen) atoms. The van der Waals surface area contributed by atoms with E-state index >= 15 is 0 Å². The minimum atomic E-state index is -0.0108. The molecule has 1 aliphatic heterocycles. The number of hydrogen-bond donors (Lipinski definition) is 1. The first-order valence-electron chi connectivity index (χ1n) is 6.70. The second kappa shape index (κ2) is 5.72. The zero-order valence-electron chi connectivity index (χ0n) is 11.5. The molecule has 0 saturated carbocycles. The third-order valence-corrected chi connectivity index (χ3v) is 3.40. The van der Waals surface area contributed by atoms with Gasteiger partial charge in [0, 0.05) is 11.6 Å². The van der Waals surface area contributed by atoms with Crippen molar-refractivity contribution in [3.8, 4) is 5.75 Å². The molecule has 2 N–H and O–H groups in total. The van der Waals surface area contributed by atoms with Crippen LogP contribution in [0, 0.1) is 6.92 Å². The Labute approximate surface area is 109 Å².